The van der Waals surface area contributed by atoms with Gasteiger partial charge in [0.1, 0.15) is 17.3 Å². The molecule has 1 aromatic carbocycles. The fourth-order valence-electron chi connectivity index (χ4n) is 2.43. The van der Waals surface area contributed by atoms with E-state index in [1.165, 1.54) is 0 Å². The van der Waals surface area contributed by atoms with Crippen LogP contribution in [0.5, 0.6) is 0 Å². The first-order chi connectivity index (χ1) is 12.8. The lowest BCUT2D eigenvalue weighted by Crippen LogP contribution is -2.25. The smallest absolute Gasteiger partial charge is 0.270 e. The number of rotatable bonds is 8. The summed E-state index contributed by atoms with van der Waals surface area (Å²) in [5.41, 5.74) is 1.20. The van der Waals surface area contributed by atoms with E-state index in [1.54, 1.807) is 12.3 Å². The highest BCUT2D eigenvalue weighted by Gasteiger charge is 2.13. The molecule has 26 heavy (non-hydrogen) atoms. The summed E-state index contributed by atoms with van der Waals surface area (Å²) >= 11 is 0. The maximum atomic E-state index is 12.4. The topological polar surface area (TPSA) is 80.0 Å². The molecular weight excluding hydrogens is 328 g/mol. The Hall–Kier alpha value is -3.15. The van der Waals surface area contributed by atoms with Crippen molar-refractivity contribution in [2.24, 2.45) is 0 Å². The zero-order valence-corrected chi connectivity index (χ0v) is 14.7. The second-order valence-electron chi connectivity index (χ2n) is 5.87. The minimum absolute atomic E-state index is 0.195. The Balaban J connectivity index is 1.84. The van der Waals surface area contributed by atoms with E-state index in [9.17, 15) is 4.79 Å². The van der Waals surface area contributed by atoms with E-state index in [0.29, 0.717) is 30.4 Å². The number of furan rings is 1. The highest BCUT2D eigenvalue weighted by Crippen LogP contribution is 2.18. The van der Waals surface area contributed by atoms with E-state index in [0.717, 1.165) is 24.2 Å². The molecule has 6 heteroatoms. The van der Waals surface area contributed by atoms with Gasteiger partial charge in [0.25, 0.3) is 5.91 Å². The molecule has 134 valence electrons. The van der Waals surface area contributed by atoms with Gasteiger partial charge in [0.15, 0.2) is 5.82 Å². The summed E-state index contributed by atoms with van der Waals surface area (Å²) in [5.74, 6) is 1.68. The van der Waals surface area contributed by atoms with Crippen LogP contribution in [-0.2, 0) is 6.54 Å². The molecule has 2 heterocycles. The van der Waals surface area contributed by atoms with Gasteiger partial charge in [-0.05, 0) is 18.6 Å². The summed E-state index contributed by atoms with van der Waals surface area (Å²) in [4.78, 5) is 21.4. The Morgan fingerprint density at radius 1 is 1.12 bits per heavy atom. The van der Waals surface area contributed by atoms with Gasteiger partial charge in [-0.15, -0.1) is 0 Å². The molecule has 0 radical (unpaired) electrons. The number of amides is 1. The molecule has 0 spiro atoms. The second kappa shape index (κ2) is 8.80. The van der Waals surface area contributed by atoms with Gasteiger partial charge in [-0.1, -0.05) is 43.7 Å². The molecule has 0 bridgehead atoms. The van der Waals surface area contributed by atoms with E-state index in [4.69, 9.17) is 4.42 Å². The van der Waals surface area contributed by atoms with E-state index in [1.807, 2.05) is 42.5 Å². The predicted octanol–water partition coefficient (Wildman–Crippen LogP) is 3.88. The number of carbonyl (C=O) groups is 1. The number of anilines is 1. The molecule has 1 amide bonds. The molecule has 0 saturated heterocycles. The van der Waals surface area contributed by atoms with Gasteiger partial charge in [-0.25, -0.2) is 9.97 Å². The van der Waals surface area contributed by atoms with Crippen molar-refractivity contribution in [1.82, 2.24) is 15.3 Å². The molecule has 6 nitrogen and oxygen atoms in total. The molecule has 0 aliphatic carbocycles. The average Bonchev–Trinajstić information content (AvgIpc) is 3.20. The van der Waals surface area contributed by atoms with Crippen molar-refractivity contribution in [2.45, 2.75) is 26.3 Å². The summed E-state index contributed by atoms with van der Waals surface area (Å²) in [7, 11) is 0. The number of hydrogen-bond acceptors (Lipinski definition) is 5. The summed E-state index contributed by atoms with van der Waals surface area (Å²) in [5, 5.41) is 6.09. The number of benzene rings is 1. The normalized spacial score (nSPS) is 10.5. The minimum atomic E-state index is -0.195. The Morgan fingerprint density at radius 3 is 2.69 bits per heavy atom. The summed E-state index contributed by atoms with van der Waals surface area (Å²) in [6, 6.07) is 15.0. The zero-order valence-electron chi connectivity index (χ0n) is 14.7. The van der Waals surface area contributed by atoms with E-state index in [-0.39, 0.29) is 5.91 Å². The van der Waals surface area contributed by atoms with Crippen molar-refractivity contribution < 1.29 is 9.21 Å². The van der Waals surface area contributed by atoms with Crippen molar-refractivity contribution in [3.8, 4) is 11.4 Å². The molecule has 0 atom stereocenters. The van der Waals surface area contributed by atoms with E-state index >= 15 is 0 Å². The zero-order chi connectivity index (χ0) is 18.2. The highest BCUT2D eigenvalue weighted by atomic mass is 16.3. The van der Waals surface area contributed by atoms with Gasteiger partial charge in [0, 0.05) is 18.2 Å². The molecule has 0 unspecified atom stereocenters. The first-order valence-electron chi connectivity index (χ1n) is 8.75. The molecule has 0 aliphatic rings. The molecule has 0 saturated carbocycles. The number of nitrogens with one attached hydrogen (secondary N) is 2. The van der Waals surface area contributed by atoms with Crippen LogP contribution in [0, 0.1) is 0 Å². The number of unbranched alkanes of at least 4 members (excludes halogenated alkanes) is 1. The lowest BCUT2D eigenvalue weighted by molar-refractivity contribution is 0.0948. The lowest BCUT2D eigenvalue weighted by Gasteiger charge is -2.10. The summed E-state index contributed by atoms with van der Waals surface area (Å²) < 4.78 is 5.33. The second-order valence-corrected chi connectivity index (χ2v) is 5.87. The fourth-order valence-corrected chi connectivity index (χ4v) is 2.43. The Labute approximate surface area is 152 Å². The molecular formula is C20H22N4O2. The first-order valence-corrected chi connectivity index (χ1v) is 8.75. The van der Waals surface area contributed by atoms with Crippen LogP contribution in [0.25, 0.3) is 11.4 Å². The predicted molar refractivity (Wildman–Crippen MR) is 101 cm³/mol. The monoisotopic (exact) mass is 350 g/mol. The Morgan fingerprint density at radius 2 is 1.96 bits per heavy atom. The number of aromatic nitrogens is 2. The number of carbonyl (C=O) groups excluding carboxylic acids is 1. The van der Waals surface area contributed by atoms with Gasteiger partial charge in [0.2, 0.25) is 0 Å². The quantitative estimate of drug-likeness (QED) is 0.603. The van der Waals surface area contributed by atoms with Crippen LogP contribution in [0.4, 0.5) is 5.82 Å². The van der Waals surface area contributed by atoms with Crippen LogP contribution in [0.15, 0.2) is 59.2 Å². The average molecular weight is 350 g/mol. The SMILES string of the molecule is CCCCNC(=O)c1cc(NCc2ccco2)nc(-c2ccccc2)n1. The first kappa shape index (κ1) is 17.7. The Bertz CT molecular complexity index is 832. The third-order valence-corrected chi connectivity index (χ3v) is 3.83. The van der Waals surface area contributed by atoms with Crippen LogP contribution < -0.4 is 10.6 Å². The van der Waals surface area contributed by atoms with E-state index in [2.05, 4.69) is 27.5 Å². The maximum Gasteiger partial charge on any atom is 0.270 e. The lowest BCUT2D eigenvalue weighted by atomic mass is 10.2. The fraction of sp³-hybridized carbons (Fsp3) is 0.250. The van der Waals surface area contributed by atoms with Crippen LogP contribution in [-0.4, -0.2) is 22.4 Å². The van der Waals surface area contributed by atoms with Crippen LogP contribution >= 0.6 is 0 Å². The maximum absolute atomic E-state index is 12.4. The van der Waals surface area contributed by atoms with Crippen molar-refractivity contribution >= 4 is 11.7 Å². The molecule has 3 rings (SSSR count). The molecule has 2 N–H and O–H groups in total. The Kier molecular flexibility index (Phi) is 5.98. The molecule has 0 aliphatic heterocycles. The number of nitrogens with zero attached hydrogens (tertiary/aromatic N) is 2. The van der Waals surface area contributed by atoms with Crippen molar-refractivity contribution in [2.75, 3.05) is 11.9 Å². The third kappa shape index (κ3) is 4.69. The van der Waals surface area contributed by atoms with Gasteiger partial charge in [-0.2, -0.15) is 0 Å². The van der Waals surface area contributed by atoms with Gasteiger partial charge < -0.3 is 15.1 Å². The highest BCUT2D eigenvalue weighted by molar-refractivity contribution is 5.93. The summed E-state index contributed by atoms with van der Waals surface area (Å²) in [6.07, 6.45) is 3.58. The minimum Gasteiger partial charge on any atom is -0.467 e. The van der Waals surface area contributed by atoms with Gasteiger partial charge in [-0.3, -0.25) is 4.79 Å². The van der Waals surface area contributed by atoms with Crippen molar-refractivity contribution in [3.63, 3.8) is 0 Å². The molecule has 3 aromatic rings. The molecule has 2 aromatic heterocycles. The van der Waals surface area contributed by atoms with Gasteiger partial charge in [0.05, 0.1) is 12.8 Å². The summed E-state index contributed by atoms with van der Waals surface area (Å²) in [6.45, 7) is 3.20. The van der Waals surface area contributed by atoms with Crippen LogP contribution in [0.3, 0.4) is 0 Å². The van der Waals surface area contributed by atoms with Crippen LogP contribution in [0.2, 0.25) is 0 Å². The number of hydrogen-bond donors (Lipinski definition) is 2. The van der Waals surface area contributed by atoms with E-state index < -0.39 is 0 Å². The third-order valence-electron chi connectivity index (χ3n) is 3.83. The van der Waals surface area contributed by atoms with Gasteiger partial charge >= 0.3 is 0 Å². The van der Waals surface area contributed by atoms with Crippen molar-refractivity contribution in [3.05, 3.63) is 66.2 Å². The van der Waals surface area contributed by atoms with Crippen LogP contribution in [0.1, 0.15) is 36.0 Å². The molecule has 0 fully saturated rings. The standard InChI is InChI=1S/C20H22N4O2/c1-2-3-11-21-20(25)17-13-18(22-14-16-10-7-12-26-16)24-19(23-17)15-8-5-4-6-9-15/h4-10,12-13H,2-3,11,14H2,1H3,(H,21,25)(H,22,23,24). The largest absolute Gasteiger partial charge is 0.467 e. The van der Waals surface area contributed by atoms with Crippen molar-refractivity contribution in [1.29, 1.82) is 0 Å².